The number of alkyl halides is 1. The fraction of sp³-hybridized carbons (Fsp3) is 0.679. The van der Waals surface area contributed by atoms with Crippen LogP contribution in [0.5, 0.6) is 5.75 Å². The first kappa shape index (κ1) is 27.8. The van der Waals surface area contributed by atoms with E-state index in [-0.39, 0.29) is 40.4 Å². The molecule has 0 aromatic heterocycles. The first-order valence-electron chi connectivity index (χ1n) is 13.9. The van der Waals surface area contributed by atoms with Crippen LogP contribution in [0.1, 0.15) is 58.8 Å². The Balaban J connectivity index is 1.44. The van der Waals surface area contributed by atoms with E-state index in [0.717, 1.165) is 31.4 Å². The van der Waals surface area contributed by atoms with Gasteiger partial charge in [0.25, 0.3) is 0 Å². The van der Waals surface area contributed by atoms with Crippen LogP contribution >= 0.6 is 27.7 Å². The highest BCUT2D eigenvalue weighted by molar-refractivity contribution is 9.09. The fourth-order valence-corrected chi connectivity index (χ4v) is 10.6. The lowest BCUT2D eigenvalue weighted by Gasteiger charge is -2.38. The summed E-state index contributed by atoms with van der Waals surface area (Å²) in [5, 5.41) is 16.4. The molecule has 2 bridgehead atoms. The van der Waals surface area contributed by atoms with Crippen LogP contribution in [0.15, 0.2) is 24.3 Å². The number of likely N-dealkylation sites (tertiary alicyclic amines) is 1. The predicted octanol–water partition coefficient (Wildman–Crippen LogP) is 3.71. The zero-order chi connectivity index (χ0) is 27.0. The molecule has 8 nitrogen and oxygen atoms in total. The Labute approximate surface area is 237 Å². The summed E-state index contributed by atoms with van der Waals surface area (Å²) in [6.45, 7) is 4.18. The maximum Gasteiger partial charge on any atom is 0.244 e. The molecule has 4 fully saturated rings. The van der Waals surface area contributed by atoms with Crippen molar-refractivity contribution in [2.75, 3.05) is 18.5 Å². The number of fused-ring (bicyclic) bond motifs is 1. The normalized spacial score (nSPS) is 33.2. The van der Waals surface area contributed by atoms with Crippen LogP contribution < -0.4 is 15.4 Å². The highest BCUT2D eigenvalue weighted by atomic mass is 79.9. The monoisotopic (exact) mass is 607 g/mol. The molecular weight excluding hydrogens is 570 g/mol. The Hall–Kier alpha value is -1.78. The molecule has 3 saturated heterocycles. The van der Waals surface area contributed by atoms with Gasteiger partial charge in [0.2, 0.25) is 17.7 Å². The minimum Gasteiger partial charge on any atom is -0.494 e. The van der Waals surface area contributed by atoms with E-state index < -0.39 is 28.7 Å². The van der Waals surface area contributed by atoms with Crippen molar-refractivity contribution in [3.05, 3.63) is 24.3 Å². The van der Waals surface area contributed by atoms with E-state index in [0.29, 0.717) is 25.1 Å². The van der Waals surface area contributed by atoms with Crippen molar-refractivity contribution >= 4 is 51.1 Å². The molecule has 3 aliphatic heterocycles. The number of ether oxygens (including phenoxy) is 1. The molecule has 1 spiro atoms. The number of amides is 3. The quantitative estimate of drug-likeness (QED) is 0.369. The summed E-state index contributed by atoms with van der Waals surface area (Å²) >= 11 is 5.43. The summed E-state index contributed by atoms with van der Waals surface area (Å²) in [4.78, 5) is 43.5. The van der Waals surface area contributed by atoms with Crippen LogP contribution in [0.3, 0.4) is 0 Å². The lowest BCUT2D eigenvalue weighted by Crippen LogP contribution is -2.58. The highest BCUT2D eigenvalue weighted by Crippen LogP contribution is 2.68. The molecule has 10 heteroatoms. The van der Waals surface area contributed by atoms with Crippen molar-refractivity contribution in [3.8, 4) is 5.75 Å². The average Bonchev–Trinajstić information content (AvgIpc) is 3.50. The number of hydrogen-bond donors (Lipinski definition) is 3. The molecule has 38 heavy (non-hydrogen) atoms. The third kappa shape index (κ3) is 4.74. The number of aliphatic hydroxyl groups excluding tert-OH is 1. The summed E-state index contributed by atoms with van der Waals surface area (Å²) in [5.74, 6) is -0.999. The third-order valence-corrected chi connectivity index (χ3v) is 12.0. The zero-order valence-electron chi connectivity index (χ0n) is 22.0. The summed E-state index contributed by atoms with van der Waals surface area (Å²) in [6, 6.07) is 6.15. The van der Waals surface area contributed by atoms with E-state index in [1.54, 1.807) is 28.8 Å². The van der Waals surface area contributed by atoms with E-state index in [2.05, 4.69) is 26.6 Å². The van der Waals surface area contributed by atoms with Gasteiger partial charge < -0.3 is 25.4 Å². The van der Waals surface area contributed by atoms with Gasteiger partial charge in [0.15, 0.2) is 0 Å². The number of benzene rings is 1. The van der Waals surface area contributed by atoms with Crippen LogP contribution in [0, 0.1) is 11.8 Å². The number of carbonyl (C=O) groups is 3. The molecule has 7 atom stereocenters. The van der Waals surface area contributed by atoms with E-state index in [9.17, 15) is 19.5 Å². The Kier molecular flexibility index (Phi) is 8.31. The van der Waals surface area contributed by atoms with Crippen molar-refractivity contribution in [3.63, 3.8) is 0 Å². The predicted molar refractivity (Wildman–Crippen MR) is 151 cm³/mol. The smallest absolute Gasteiger partial charge is 0.244 e. The minimum absolute atomic E-state index is 0.00626. The SMILES string of the molecule is CCOc1ccc(NC(=O)[C@H]2[C@@H]3SC4(CC3Br)C(C(=O)NC3CCCCC3)N([C@@H](CC)CO)C(=O)[C@H]24)cc1. The average molecular weight is 609 g/mol. The molecule has 1 aromatic carbocycles. The summed E-state index contributed by atoms with van der Waals surface area (Å²) in [7, 11) is 0. The Morgan fingerprint density at radius 3 is 2.53 bits per heavy atom. The molecule has 1 aromatic rings. The number of nitrogens with one attached hydrogen (secondary N) is 2. The van der Waals surface area contributed by atoms with Gasteiger partial charge in [0.05, 0.1) is 35.8 Å². The van der Waals surface area contributed by atoms with Gasteiger partial charge in [-0.1, -0.05) is 42.1 Å². The second kappa shape index (κ2) is 11.4. The van der Waals surface area contributed by atoms with Crippen molar-refractivity contribution in [2.24, 2.45) is 11.8 Å². The fourth-order valence-electron chi connectivity index (χ4n) is 7.03. The van der Waals surface area contributed by atoms with Gasteiger partial charge in [-0.05, 0) is 56.9 Å². The first-order chi connectivity index (χ1) is 18.3. The molecule has 0 radical (unpaired) electrons. The standard InChI is InChI=1S/C28H38BrN3O5S/c1-3-18(15-33)32-24(26(35)31-16-8-6-5-7-9-16)28-14-20(29)23(38-28)21(22(28)27(32)36)25(34)30-17-10-12-19(13-11-17)37-4-2/h10-13,16,18,20-24,33H,3-9,14-15H2,1-2H3,(H,30,34)(H,31,35)/t18-,20?,21+,22-,23+,24?,28?/m0/s1. The molecule has 3 amide bonds. The number of anilines is 1. The number of carbonyl (C=O) groups excluding carboxylic acids is 3. The molecule has 3 N–H and O–H groups in total. The number of rotatable bonds is 9. The molecule has 1 aliphatic carbocycles. The number of halogens is 1. The molecule has 208 valence electrons. The Bertz CT molecular complexity index is 1050. The van der Waals surface area contributed by atoms with Crippen LogP contribution in [-0.2, 0) is 14.4 Å². The van der Waals surface area contributed by atoms with E-state index in [4.69, 9.17) is 4.74 Å². The number of aliphatic hydroxyl groups is 1. The van der Waals surface area contributed by atoms with E-state index in [1.165, 1.54) is 6.42 Å². The van der Waals surface area contributed by atoms with Gasteiger partial charge in [-0.2, -0.15) is 0 Å². The Morgan fingerprint density at radius 1 is 1.18 bits per heavy atom. The molecular formula is C28H38BrN3O5S. The van der Waals surface area contributed by atoms with Crippen molar-refractivity contribution in [1.29, 1.82) is 0 Å². The van der Waals surface area contributed by atoms with Crippen molar-refractivity contribution < 1.29 is 24.2 Å². The van der Waals surface area contributed by atoms with Crippen molar-refractivity contribution in [1.82, 2.24) is 10.2 Å². The van der Waals surface area contributed by atoms with E-state index in [1.807, 2.05) is 26.0 Å². The molecule has 3 heterocycles. The zero-order valence-corrected chi connectivity index (χ0v) is 24.4. The molecule has 1 saturated carbocycles. The van der Waals surface area contributed by atoms with E-state index >= 15 is 0 Å². The topological polar surface area (TPSA) is 108 Å². The Morgan fingerprint density at radius 2 is 1.89 bits per heavy atom. The number of thioether (sulfide) groups is 1. The second-order valence-corrected chi connectivity index (χ2v) is 13.7. The molecule has 4 aliphatic rings. The molecule has 3 unspecified atom stereocenters. The van der Waals surface area contributed by atoms with Gasteiger partial charge in [0, 0.05) is 21.8 Å². The molecule has 5 rings (SSSR count). The van der Waals surface area contributed by atoms with Crippen LogP contribution in [-0.4, -0.2) is 73.9 Å². The van der Waals surface area contributed by atoms with Crippen LogP contribution in [0.2, 0.25) is 0 Å². The number of nitrogens with zero attached hydrogens (tertiary/aromatic N) is 1. The van der Waals surface area contributed by atoms with Gasteiger partial charge in [-0.3, -0.25) is 14.4 Å². The van der Waals surface area contributed by atoms with Gasteiger partial charge in [-0.25, -0.2) is 0 Å². The summed E-state index contributed by atoms with van der Waals surface area (Å²) in [5.41, 5.74) is 0.641. The maximum atomic E-state index is 14.1. The lowest BCUT2D eigenvalue weighted by molar-refractivity contribution is -0.142. The van der Waals surface area contributed by atoms with Gasteiger partial charge in [0.1, 0.15) is 11.8 Å². The first-order valence-corrected chi connectivity index (χ1v) is 15.7. The van der Waals surface area contributed by atoms with Crippen LogP contribution in [0.4, 0.5) is 5.69 Å². The largest absolute Gasteiger partial charge is 0.494 e. The maximum absolute atomic E-state index is 14.1. The van der Waals surface area contributed by atoms with Gasteiger partial charge >= 0.3 is 0 Å². The van der Waals surface area contributed by atoms with Crippen LogP contribution in [0.25, 0.3) is 0 Å². The lowest BCUT2D eigenvalue weighted by atomic mass is 9.70. The third-order valence-electron chi connectivity index (χ3n) is 8.74. The number of hydrogen-bond acceptors (Lipinski definition) is 6. The highest BCUT2D eigenvalue weighted by Gasteiger charge is 2.76. The summed E-state index contributed by atoms with van der Waals surface area (Å²) < 4.78 is 4.79. The van der Waals surface area contributed by atoms with Crippen molar-refractivity contribution in [2.45, 2.75) is 91.7 Å². The van der Waals surface area contributed by atoms with Gasteiger partial charge in [-0.15, -0.1) is 11.8 Å². The second-order valence-electron chi connectivity index (χ2n) is 10.9. The summed E-state index contributed by atoms with van der Waals surface area (Å²) in [6.07, 6.45) is 6.43. The minimum atomic E-state index is -0.711.